The molecule has 0 bridgehead atoms. The van der Waals surface area contributed by atoms with E-state index in [0.29, 0.717) is 46.7 Å². The van der Waals surface area contributed by atoms with Crippen LogP contribution in [0, 0.1) is 0 Å². The zero-order valence-electron chi connectivity index (χ0n) is 14.3. The van der Waals surface area contributed by atoms with E-state index in [1.54, 1.807) is 6.20 Å². The summed E-state index contributed by atoms with van der Waals surface area (Å²) in [4.78, 5) is 19.3. The predicted octanol–water partition coefficient (Wildman–Crippen LogP) is 2.89. The summed E-state index contributed by atoms with van der Waals surface area (Å²) in [5.74, 6) is 2.48. The maximum absolute atomic E-state index is 6.02. The van der Waals surface area contributed by atoms with E-state index in [2.05, 4.69) is 19.9 Å². The Hall–Kier alpha value is -2.36. The summed E-state index contributed by atoms with van der Waals surface area (Å²) in [6, 6.07) is 7.44. The molecule has 2 aromatic heterocycles. The first-order chi connectivity index (χ1) is 13.2. The van der Waals surface area contributed by atoms with Gasteiger partial charge in [0, 0.05) is 23.7 Å². The fourth-order valence-electron chi connectivity index (χ4n) is 2.61. The topological polar surface area (TPSA) is 103 Å². The summed E-state index contributed by atoms with van der Waals surface area (Å²) in [5.41, 5.74) is 6.72. The van der Waals surface area contributed by atoms with Gasteiger partial charge in [-0.15, -0.1) is 0 Å². The molecule has 3 heterocycles. The third-order valence-corrected chi connectivity index (χ3v) is 4.97. The first kappa shape index (κ1) is 18.0. The molecule has 4 rings (SSSR count). The van der Waals surface area contributed by atoms with Crippen LogP contribution in [0.5, 0.6) is 0 Å². The molecule has 10 heteroatoms. The average molecular weight is 405 g/mol. The summed E-state index contributed by atoms with van der Waals surface area (Å²) in [6.45, 7) is 2.76. The number of halogens is 1. The summed E-state index contributed by atoms with van der Waals surface area (Å²) < 4.78 is 11.2. The van der Waals surface area contributed by atoms with Gasteiger partial charge in [0.15, 0.2) is 10.9 Å². The number of nitrogens with two attached hydrogens (primary N) is 1. The van der Waals surface area contributed by atoms with Crippen LogP contribution >= 0.6 is 23.4 Å². The largest absolute Gasteiger partial charge is 0.440 e. The van der Waals surface area contributed by atoms with Crippen molar-refractivity contribution in [2.75, 3.05) is 36.9 Å². The van der Waals surface area contributed by atoms with Gasteiger partial charge in [-0.2, -0.15) is 15.0 Å². The minimum absolute atomic E-state index is 0.195. The van der Waals surface area contributed by atoms with E-state index in [-0.39, 0.29) is 5.95 Å². The molecule has 2 N–H and O–H groups in total. The van der Waals surface area contributed by atoms with E-state index in [9.17, 15) is 0 Å². The molecule has 140 valence electrons. The molecule has 0 spiro atoms. The van der Waals surface area contributed by atoms with Gasteiger partial charge in [-0.05, 0) is 12.1 Å². The van der Waals surface area contributed by atoms with E-state index < -0.39 is 0 Å². The van der Waals surface area contributed by atoms with Gasteiger partial charge in [0.1, 0.15) is 0 Å². The third kappa shape index (κ3) is 4.49. The van der Waals surface area contributed by atoms with Crippen LogP contribution in [0.15, 0.2) is 40.0 Å². The number of nitrogens with zero attached hydrogens (tertiary/aromatic N) is 5. The molecule has 0 unspecified atom stereocenters. The zero-order valence-corrected chi connectivity index (χ0v) is 15.9. The van der Waals surface area contributed by atoms with Crippen LogP contribution in [0.3, 0.4) is 0 Å². The first-order valence-electron chi connectivity index (χ1n) is 8.35. The third-order valence-electron chi connectivity index (χ3n) is 3.90. The number of hydrogen-bond donors (Lipinski definition) is 1. The molecule has 1 aromatic carbocycles. The number of anilines is 2. The molecule has 8 nitrogen and oxygen atoms in total. The Morgan fingerprint density at radius 3 is 2.85 bits per heavy atom. The minimum Gasteiger partial charge on any atom is -0.440 e. The second-order valence-electron chi connectivity index (χ2n) is 5.79. The van der Waals surface area contributed by atoms with Crippen molar-refractivity contribution in [2.24, 2.45) is 0 Å². The van der Waals surface area contributed by atoms with Gasteiger partial charge in [0.2, 0.25) is 17.8 Å². The monoisotopic (exact) mass is 404 g/mol. The number of nitrogen functional groups attached to an aromatic ring is 1. The van der Waals surface area contributed by atoms with Crippen LogP contribution in [0.2, 0.25) is 5.02 Å². The number of benzene rings is 1. The highest BCUT2D eigenvalue weighted by atomic mass is 35.5. The lowest BCUT2D eigenvalue weighted by Crippen LogP contribution is -2.37. The molecule has 0 saturated carbocycles. The molecule has 1 fully saturated rings. The smallest absolute Gasteiger partial charge is 0.231 e. The van der Waals surface area contributed by atoms with Crippen molar-refractivity contribution < 1.29 is 9.15 Å². The number of oxazole rings is 1. The van der Waals surface area contributed by atoms with E-state index >= 15 is 0 Å². The number of aromatic nitrogens is 4. The highest BCUT2D eigenvalue weighted by molar-refractivity contribution is 7.98. The van der Waals surface area contributed by atoms with Gasteiger partial charge < -0.3 is 19.8 Å². The van der Waals surface area contributed by atoms with Crippen molar-refractivity contribution in [1.29, 1.82) is 0 Å². The number of hydrogen-bond acceptors (Lipinski definition) is 9. The number of morpholine rings is 1. The lowest BCUT2D eigenvalue weighted by atomic mass is 10.2. The molecule has 1 aliphatic heterocycles. The van der Waals surface area contributed by atoms with Crippen LogP contribution in [-0.4, -0.2) is 46.2 Å². The molecule has 1 saturated heterocycles. The van der Waals surface area contributed by atoms with Crippen molar-refractivity contribution in [2.45, 2.75) is 10.9 Å². The van der Waals surface area contributed by atoms with Crippen LogP contribution in [0.25, 0.3) is 11.3 Å². The Balaban J connectivity index is 1.45. The SMILES string of the molecule is Nc1nc(SCc2ncc(-c3cccc(Cl)c3)o2)nc(N2CCOCC2)n1. The van der Waals surface area contributed by atoms with E-state index in [4.69, 9.17) is 26.5 Å². The van der Waals surface area contributed by atoms with Gasteiger partial charge in [-0.3, -0.25) is 0 Å². The predicted molar refractivity (Wildman–Crippen MR) is 104 cm³/mol. The van der Waals surface area contributed by atoms with E-state index in [1.807, 2.05) is 29.2 Å². The second kappa shape index (κ2) is 8.12. The molecule has 27 heavy (non-hydrogen) atoms. The number of rotatable bonds is 5. The van der Waals surface area contributed by atoms with Gasteiger partial charge in [0.05, 0.1) is 25.2 Å². The Morgan fingerprint density at radius 2 is 2.04 bits per heavy atom. The van der Waals surface area contributed by atoms with Crippen LogP contribution in [0.1, 0.15) is 5.89 Å². The average Bonchev–Trinajstić information content (AvgIpc) is 3.16. The van der Waals surface area contributed by atoms with Crippen molar-refractivity contribution in [3.8, 4) is 11.3 Å². The zero-order chi connectivity index (χ0) is 18.6. The molecule has 0 amide bonds. The van der Waals surface area contributed by atoms with Gasteiger partial charge >= 0.3 is 0 Å². The molecule has 1 aliphatic rings. The van der Waals surface area contributed by atoms with Crippen molar-refractivity contribution in [1.82, 2.24) is 19.9 Å². The Morgan fingerprint density at radius 1 is 1.19 bits per heavy atom. The molecule has 3 aromatic rings. The molecule has 0 radical (unpaired) electrons. The van der Waals surface area contributed by atoms with Gasteiger partial charge in [0.25, 0.3) is 0 Å². The van der Waals surface area contributed by atoms with E-state index in [1.165, 1.54) is 11.8 Å². The quantitative estimate of drug-likeness (QED) is 0.642. The Labute approximate surface area is 165 Å². The standard InChI is InChI=1S/C17H17ClN6O2S/c18-12-3-1-2-11(8-12)13-9-20-14(26-13)10-27-17-22-15(19)21-16(23-17)24-4-6-25-7-5-24/h1-3,8-9H,4-7,10H2,(H2,19,21,22,23). The summed E-state index contributed by atoms with van der Waals surface area (Å²) in [5, 5.41) is 1.18. The summed E-state index contributed by atoms with van der Waals surface area (Å²) >= 11 is 7.42. The molecule has 0 atom stereocenters. The molecule has 0 aliphatic carbocycles. The normalized spacial score (nSPS) is 14.5. The Kier molecular flexibility index (Phi) is 5.42. The van der Waals surface area contributed by atoms with Gasteiger partial charge in [-0.25, -0.2) is 4.98 Å². The first-order valence-corrected chi connectivity index (χ1v) is 9.71. The van der Waals surface area contributed by atoms with Crippen molar-refractivity contribution in [3.05, 3.63) is 41.4 Å². The molecular formula is C17H17ClN6O2S. The number of thioether (sulfide) groups is 1. The fraction of sp³-hybridized carbons (Fsp3) is 0.294. The highest BCUT2D eigenvalue weighted by Crippen LogP contribution is 2.26. The Bertz CT molecular complexity index is 931. The van der Waals surface area contributed by atoms with Gasteiger partial charge in [-0.1, -0.05) is 35.5 Å². The van der Waals surface area contributed by atoms with Crippen molar-refractivity contribution >= 4 is 35.3 Å². The maximum atomic E-state index is 6.02. The summed E-state index contributed by atoms with van der Waals surface area (Å²) in [6.07, 6.45) is 1.68. The van der Waals surface area contributed by atoms with Crippen LogP contribution in [-0.2, 0) is 10.5 Å². The minimum atomic E-state index is 0.195. The summed E-state index contributed by atoms with van der Waals surface area (Å²) in [7, 11) is 0. The fourth-order valence-corrected chi connectivity index (χ4v) is 3.49. The second-order valence-corrected chi connectivity index (χ2v) is 7.17. The lowest BCUT2D eigenvalue weighted by Gasteiger charge is -2.26. The van der Waals surface area contributed by atoms with E-state index in [0.717, 1.165) is 18.7 Å². The number of ether oxygens (including phenoxy) is 1. The highest BCUT2D eigenvalue weighted by Gasteiger charge is 2.16. The van der Waals surface area contributed by atoms with Crippen LogP contribution < -0.4 is 10.6 Å². The van der Waals surface area contributed by atoms with Crippen molar-refractivity contribution in [3.63, 3.8) is 0 Å². The van der Waals surface area contributed by atoms with Crippen LogP contribution in [0.4, 0.5) is 11.9 Å². The maximum Gasteiger partial charge on any atom is 0.231 e. The molecular weight excluding hydrogens is 388 g/mol. The lowest BCUT2D eigenvalue weighted by molar-refractivity contribution is 0.122.